The highest BCUT2D eigenvalue weighted by Gasteiger charge is 2.16. The van der Waals surface area contributed by atoms with Crippen LogP contribution in [0.1, 0.15) is 5.56 Å². The first-order valence-corrected chi connectivity index (χ1v) is 5.20. The number of nitrogens with one attached hydrogen (secondary N) is 1. The second-order valence-electron chi connectivity index (χ2n) is 3.84. The zero-order valence-electron chi connectivity index (χ0n) is 9.37. The molecule has 0 amide bonds. The monoisotopic (exact) mass is 236 g/mol. The van der Waals surface area contributed by atoms with Gasteiger partial charge in [0, 0.05) is 23.5 Å². The van der Waals surface area contributed by atoms with Gasteiger partial charge in [-0.3, -0.25) is 4.79 Å². The van der Waals surface area contributed by atoms with Crippen LogP contribution >= 0.6 is 0 Å². The first-order valence-electron chi connectivity index (χ1n) is 5.20. The van der Waals surface area contributed by atoms with Crippen LogP contribution in [0.2, 0.25) is 0 Å². The number of esters is 1. The average molecular weight is 236 g/mol. The van der Waals surface area contributed by atoms with Crippen molar-refractivity contribution in [2.75, 3.05) is 7.11 Å². The third-order valence-electron chi connectivity index (χ3n) is 2.67. The molecule has 1 aromatic carbocycles. The molecule has 4 nitrogen and oxygen atoms in total. The fraction of sp³-hybridized carbons (Fsp3) is 0.250. The Bertz CT molecular complexity index is 550. The van der Waals surface area contributed by atoms with Gasteiger partial charge in [0.25, 0.3) is 0 Å². The molecule has 0 saturated heterocycles. The summed E-state index contributed by atoms with van der Waals surface area (Å²) in [6.45, 7) is 0. The lowest BCUT2D eigenvalue weighted by molar-refractivity contribution is -0.142. The number of fused-ring (bicyclic) bond motifs is 1. The summed E-state index contributed by atoms with van der Waals surface area (Å²) in [5.74, 6) is -0.760. The van der Waals surface area contributed by atoms with Gasteiger partial charge in [-0.25, -0.2) is 4.39 Å². The summed E-state index contributed by atoms with van der Waals surface area (Å²) < 4.78 is 17.5. The van der Waals surface area contributed by atoms with Crippen LogP contribution in [0.25, 0.3) is 10.9 Å². The normalized spacial score (nSPS) is 12.6. The van der Waals surface area contributed by atoms with E-state index in [9.17, 15) is 9.18 Å². The molecule has 0 fully saturated rings. The van der Waals surface area contributed by atoms with Crippen LogP contribution in [0.4, 0.5) is 4.39 Å². The minimum absolute atomic E-state index is 0.303. The minimum Gasteiger partial charge on any atom is -0.468 e. The van der Waals surface area contributed by atoms with E-state index in [1.54, 1.807) is 12.3 Å². The first kappa shape index (κ1) is 11.6. The summed E-state index contributed by atoms with van der Waals surface area (Å²) in [6, 6.07) is 3.75. The number of nitrogens with two attached hydrogens (primary N) is 1. The van der Waals surface area contributed by atoms with Crippen molar-refractivity contribution in [1.29, 1.82) is 0 Å². The molecule has 0 aliphatic carbocycles. The largest absolute Gasteiger partial charge is 0.468 e. The Hall–Kier alpha value is -1.88. The second-order valence-corrected chi connectivity index (χ2v) is 3.84. The number of hydrogen-bond donors (Lipinski definition) is 2. The van der Waals surface area contributed by atoms with Crippen LogP contribution in [0.15, 0.2) is 24.4 Å². The number of H-pyrrole nitrogens is 1. The number of aromatic nitrogens is 1. The SMILES string of the molecule is COC(=O)[C@H](N)Cc1c[nH]c2cc(F)ccc12. The molecule has 0 aliphatic rings. The highest BCUT2D eigenvalue weighted by Crippen LogP contribution is 2.20. The number of carbonyl (C=O) groups excluding carboxylic acids is 1. The van der Waals surface area contributed by atoms with Crippen LogP contribution in [-0.4, -0.2) is 24.1 Å². The molecular weight excluding hydrogens is 223 g/mol. The van der Waals surface area contributed by atoms with E-state index in [0.29, 0.717) is 11.9 Å². The van der Waals surface area contributed by atoms with Gasteiger partial charge in [-0.05, 0) is 23.8 Å². The van der Waals surface area contributed by atoms with Gasteiger partial charge in [0.15, 0.2) is 0 Å². The quantitative estimate of drug-likeness (QED) is 0.790. The van der Waals surface area contributed by atoms with Gasteiger partial charge in [0.2, 0.25) is 0 Å². The van der Waals surface area contributed by atoms with E-state index in [0.717, 1.165) is 10.9 Å². The number of ether oxygens (including phenoxy) is 1. The van der Waals surface area contributed by atoms with Gasteiger partial charge in [-0.1, -0.05) is 0 Å². The molecule has 2 rings (SSSR count). The minimum atomic E-state index is -0.705. The molecule has 0 aliphatic heterocycles. The molecule has 0 bridgehead atoms. The first-order chi connectivity index (χ1) is 8.11. The summed E-state index contributed by atoms with van der Waals surface area (Å²) >= 11 is 0. The van der Waals surface area contributed by atoms with Crippen LogP contribution in [0.5, 0.6) is 0 Å². The molecule has 2 aromatic rings. The molecular formula is C12H13FN2O2. The van der Waals surface area contributed by atoms with E-state index < -0.39 is 12.0 Å². The van der Waals surface area contributed by atoms with Gasteiger partial charge in [-0.15, -0.1) is 0 Å². The molecule has 17 heavy (non-hydrogen) atoms. The number of rotatable bonds is 3. The number of carbonyl (C=O) groups is 1. The van der Waals surface area contributed by atoms with Crippen molar-refractivity contribution < 1.29 is 13.9 Å². The molecule has 0 spiro atoms. The van der Waals surface area contributed by atoms with E-state index in [1.807, 2.05) is 0 Å². The number of aromatic amines is 1. The lowest BCUT2D eigenvalue weighted by Crippen LogP contribution is -2.33. The Morgan fingerprint density at radius 1 is 1.59 bits per heavy atom. The maximum atomic E-state index is 13.0. The van der Waals surface area contributed by atoms with Gasteiger partial charge < -0.3 is 15.5 Å². The third-order valence-corrected chi connectivity index (χ3v) is 2.67. The van der Waals surface area contributed by atoms with Crippen molar-refractivity contribution >= 4 is 16.9 Å². The number of halogens is 1. The fourth-order valence-corrected chi connectivity index (χ4v) is 1.80. The number of hydrogen-bond acceptors (Lipinski definition) is 3. The summed E-state index contributed by atoms with van der Waals surface area (Å²) in [7, 11) is 1.30. The van der Waals surface area contributed by atoms with Crippen molar-refractivity contribution in [3.8, 4) is 0 Å². The molecule has 90 valence electrons. The predicted molar refractivity (Wildman–Crippen MR) is 62.0 cm³/mol. The Labute approximate surface area is 97.6 Å². The predicted octanol–water partition coefficient (Wildman–Crippen LogP) is 1.35. The van der Waals surface area contributed by atoms with Crippen LogP contribution in [-0.2, 0) is 16.0 Å². The van der Waals surface area contributed by atoms with Gasteiger partial charge in [0.05, 0.1) is 7.11 Å². The van der Waals surface area contributed by atoms with Crippen LogP contribution in [0, 0.1) is 5.82 Å². The van der Waals surface area contributed by atoms with E-state index in [-0.39, 0.29) is 5.82 Å². The smallest absolute Gasteiger partial charge is 0.322 e. The van der Waals surface area contributed by atoms with Gasteiger partial charge >= 0.3 is 5.97 Å². The second kappa shape index (κ2) is 4.55. The van der Waals surface area contributed by atoms with Crippen LogP contribution in [0.3, 0.4) is 0 Å². The molecule has 1 atom stereocenters. The summed E-state index contributed by atoms with van der Waals surface area (Å²) in [6.07, 6.45) is 2.09. The fourth-order valence-electron chi connectivity index (χ4n) is 1.80. The maximum Gasteiger partial charge on any atom is 0.322 e. The van der Waals surface area contributed by atoms with Crippen molar-refractivity contribution in [3.05, 3.63) is 35.8 Å². The van der Waals surface area contributed by atoms with Crippen molar-refractivity contribution in [2.24, 2.45) is 5.73 Å². The van der Waals surface area contributed by atoms with Gasteiger partial charge in [-0.2, -0.15) is 0 Å². The molecule has 1 heterocycles. The Morgan fingerprint density at radius 2 is 2.35 bits per heavy atom. The molecule has 0 radical (unpaired) electrons. The molecule has 0 unspecified atom stereocenters. The summed E-state index contributed by atoms with van der Waals surface area (Å²) in [5, 5.41) is 0.866. The number of benzene rings is 1. The maximum absolute atomic E-state index is 13.0. The third kappa shape index (κ3) is 2.29. The highest BCUT2D eigenvalue weighted by atomic mass is 19.1. The Balaban J connectivity index is 2.28. The van der Waals surface area contributed by atoms with Crippen molar-refractivity contribution in [2.45, 2.75) is 12.5 Å². The lowest BCUT2D eigenvalue weighted by Gasteiger charge is -2.07. The standard InChI is InChI=1S/C12H13FN2O2/c1-17-12(16)10(14)4-7-6-15-11-5-8(13)2-3-9(7)11/h2-3,5-6,10,15H,4,14H2,1H3/t10-/m1/s1. The summed E-state index contributed by atoms with van der Waals surface area (Å²) in [4.78, 5) is 14.2. The zero-order chi connectivity index (χ0) is 12.4. The lowest BCUT2D eigenvalue weighted by atomic mass is 10.1. The molecule has 0 saturated carbocycles. The van der Waals surface area contributed by atoms with Crippen LogP contribution < -0.4 is 5.73 Å². The van der Waals surface area contributed by atoms with Crippen molar-refractivity contribution in [3.63, 3.8) is 0 Å². The molecule has 1 aromatic heterocycles. The Kier molecular flexibility index (Phi) is 3.10. The summed E-state index contributed by atoms with van der Waals surface area (Å²) in [5.41, 5.74) is 7.24. The highest BCUT2D eigenvalue weighted by molar-refractivity contribution is 5.84. The van der Waals surface area contributed by atoms with Crippen molar-refractivity contribution in [1.82, 2.24) is 4.98 Å². The van der Waals surface area contributed by atoms with Gasteiger partial charge in [0.1, 0.15) is 11.9 Å². The number of methoxy groups -OCH3 is 1. The zero-order valence-corrected chi connectivity index (χ0v) is 9.37. The van der Waals surface area contributed by atoms with E-state index >= 15 is 0 Å². The molecule has 3 N–H and O–H groups in total. The van der Waals surface area contributed by atoms with E-state index in [1.165, 1.54) is 19.2 Å². The Morgan fingerprint density at radius 3 is 3.06 bits per heavy atom. The van der Waals surface area contributed by atoms with E-state index in [2.05, 4.69) is 9.72 Å². The molecule has 5 heteroatoms. The average Bonchev–Trinajstić information content (AvgIpc) is 2.70. The topological polar surface area (TPSA) is 68.1 Å². The van der Waals surface area contributed by atoms with E-state index in [4.69, 9.17) is 5.73 Å².